The Hall–Kier alpha value is -2.44. The molecule has 2 aromatic rings. The minimum Gasteiger partial charge on any atom is -0.435 e. The third-order valence-electron chi connectivity index (χ3n) is 4.50. The molecule has 4 nitrogen and oxygen atoms in total. The maximum atomic E-state index is 12.4. The number of amides is 1. The van der Waals surface area contributed by atoms with E-state index >= 15 is 0 Å². The number of hydrogen-bond donors (Lipinski definition) is 0. The molecule has 0 aliphatic carbocycles. The topological polar surface area (TPSA) is 32.8 Å². The zero-order valence-corrected chi connectivity index (χ0v) is 16.0. The second kappa shape index (κ2) is 9.66. The number of ether oxygens (including phenoxy) is 1. The number of benzene rings is 2. The van der Waals surface area contributed by atoms with Crippen LogP contribution in [-0.2, 0) is 11.3 Å². The van der Waals surface area contributed by atoms with Gasteiger partial charge < -0.3 is 9.64 Å². The van der Waals surface area contributed by atoms with E-state index in [9.17, 15) is 13.6 Å². The molecule has 1 heterocycles. The number of halogens is 3. The molecule has 1 aliphatic rings. The largest absolute Gasteiger partial charge is 0.435 e. The molecule has 1 saturated heterocycles. The first-order valence-electron chi connectivity index (χ1n) is 8.98. The van der Waals surface area contributed by atoms with Crippen molar-refractivity contribution in [1.82, 2.24) is 9.80 Å². The molecular formula is C21H21ClF2N2O2. The fraction of sp³-hybridized carbons (Fsp3) is 0.286. The second-order valence-electron chi connectivity index (χ2n) is 6.51. The van der Waals surface area contributed by atoms with Gasteiger partial charge in [-0.05, 0) is 41.5 Å². The fourth-order valence-electron chi connectivity index (χ4n) is 3.05. The number of rotatable bonds is 6. The lowest BCUT2D eigenvalue weighted by Crippen LogP contribution is -2.47. The maximum absolute atomic E-state index is 12.4. The molecule has 0 N–H and O–H groups in total. The summed E-state index contributed by atoms with van der Waals surface area (Å²) in [4.78, 5) is 16.5. The summed E-state index contributed by atoms with van der Waals surface area (Å²) >= 11 is 6.02. The van der Waals surface area contributed by atoms with E-state index in [4.69, 9.17) is 11.6 Å². The third kappa shape index (κ3) is 6.04. The van der Waals surface area contributed by atoms with Crippen molar-refractivity contribution in [2.45, 2.75) is 13.2 Å². The zero-order valence-electron chi connectivity index (χ0n) is 15.2. The third-order valence-corrected chi connectivity index (χ3v) is 4.74. The van der Waals surface area contributed by atoms with Gasteiger partial charge in [-0.25, -0.2) is 0 Å². The molecule has 0 atom stereocenters. The normalized spacial score (nSPS) is 15.4. The summed E-state index contributed by atoms with van der Waals surface area (Å²) in [6.45, 7) is 0.874. The number of carbonyl (C=O) groups excluding carboxylic acids is 1. The summed E-state index contributed by atoms with van der Waals surface area (Å²) in [5.74, 6) is 0.0321. The maximum Gasteiger partial charge on any atom is 0.387 e. The van der Waals surface area contributed by atoms with Gasteiger partial charge >= 0.3 is 6.61 Å². The molecule has 0 saturated carbocycles. The molecule has 1 aliphatic heterocycles. The van der Waals surface area contributed by atoms with Gasteiger partial charge in [-0.2, -0.15) is 8.78 Å². The van der Waals surface area contributed by atoms with Crippen LogP contribution in [0.2, 0.25) is 5.02 Å². The molecule has 148 valence electrons. The van der Waals surface area contributed by atoms with Crippen LogP contribution >= 0.6 is 11.6 Å². The van der Waals surface area contributed by atoms with Gasteiger partial charge in [0.25, 0.3) is 0 Å². The van der Waals surface area contributed by atoms with Crippen molar-refractivity contribution >= 4 is 23.6 Å². The first-order chi connectivity index (χ1) is 13.5. The van der Waals surface area contributed by atoms with E-state index in [1.165, 1.54) is 18.2 Å². The van der Waals surface area contributed by atoms with Crippen LogP contribution in [0.25, 0.3) is 6.08 Å². The van der Waals surface area contributed by atoms with Gasteiger partial charge in [0.1, 0.15) is 5.75 Å². The molecule has 2 aromatic carbocycles. The molecule has 7 heteroatoms. The lowest BCUT2D eigenvalue weighted by atomic mass is 10.2. The lowest BCUT2D eigenvalue weighted by Gasteiger charge is -2.34. The summed E-state index contributed by atoms with van der Waals surface area (Å²) in [6.07, 6.45) is 3.18. The number of alkyl halides is 2. The Morgan fingerprint density at radius 1 is 1.11 bits per heavy atom. The molecule has 0 unspecified atom stereocenters. The molecule has 1 fully saturated rings. The van der Waals surface area contributed by atoms with E-state index in [-0.39, 0.29) is 11.7 Å². The number of piperazine rings is 1. The minimum absolute atomic E-state index is 0.0599. The Morgan fingerprint density at radius 3 is 2.46 bits per heavy atom. The van der Waals surface area contributed by atoms with Gasteiger partial charge in [-0.1, -0.05) is 35.9 Å². The molecule has 28 heavy (non-hydrogen) atoms. The number of hydrogen-bond acceptors (Lipinski definition) is 3. The van der Waals surface area contributed by atoms with E-state index in [1.54, 1.807) is 23.1 Å². The van der Waals surface area contributed by atoms with Gasteiger partial charge in [-0.15, -0.1) is 0 Å². The van der Waals surface area contributed by atoms with Gasteiger partial charge in [0.15, 0.2) is 0 Å². The Kier molecular flexibility index (Phi) is 7.01. The highest BCUT2D eigenvalue weighted by Crippen LogP contribution is 2.16. The molecule has 3 rings (SSSR count). The van der Waals surface area contributed by atoms with Crippen molar-refractivity contribution in [3.05, 3.63) is 70.8 Å². The first-order valence-corrected chi connectivity index (χ1v) is 9.36. The quantitative estimate of drug-likeness (QED) is 0.670. The highest BCUT2D eigenvalue weighted by Gasteiger charge is 2.19. The van der Waals surface area contributed by atoms with E-state index in [0.717, 1.165) is 35.8 Å². The van der Waals surface area contributed by atoms with Crippen molar-refractivity contribution in [1.29, 1.82) is 0 Å². The Bertz CT molecular complexity index is 819. The van der Waals surface area contributed by atoms with Gasteiger partial charge in [0.05, 0.1) is 0 Å². The number of nitrogens with zero attached hydrogens (tertiary/aromatic N) is 2. The van der Waals surface area contributed by atoms with Crippen molar-refractivity contribution in [3.63, 3.8) is 0 Å². The van der Waals surface area contributed by atoms with Crippen LogP contribution < -0.4 is 4.74 Å². The Labute approximate surface area is 168 Å². The summed E-state index contributed by atoms with van der Waals surface area (Å²) < 4.78 is 28.6. The smallest absolute Gasteiger partial charge is 0.387 e. The highest BCUT2D eigenvalue weighted by atomic mass is 35.5. The van der Waals surface area contributed by atoms with Crippen molar-refractivity contribution in [3.8, 4) is 5.75 Å². The van der Waals surface area contributed by atoms with Gasteiger partial charge in [0.2, 0.25) is 5.91 Å². The van der Waals surface area contributed by atoms with Crippen LogP contribution in [-0.4, -0.2) is 48.5 Å². The van der Waals surface area contributed by atoms with Crippen molar-refractivity contribution in [2.24, 2.45) is 0 Å². The highest BCUT2D eigenvalue weighted by molar-refractivity contribution is 6.30. The van der Waals surface area contributed by atoms with Crippen LogP contribution in [0.5, 0.6) is 5.75 Å². The Balaban J connectivity index is 1.47. The predicted molar refractivity (Wildman–Crippen MR) is 105 cm³/mol. The molecule has 0 aromatic heterocycles. The average molecular weight is 407 g/mol. The predicted octanol–water partition coefficient (Wildman–Crippen LogP) is 4.30. The van der Waals surface area contributed by atoms with Crippen molar-refractivity contribution in [2.75, 3.05) is 26.2 Å². The molecule has 0 radical (unpaired) electrons. The van der Waals surface area contributed by atoms with Crippen LogP contribution in [0.15, 0.2) is 54.6 Å². The molecule has 0 spiro atoms. The SMILES string of the molecule is O=C(/C=C\c1ccc(OC(F)F)cc1)N1CCN(Cc2cccc(Cl)c2)CC1. The van der Waals surface area contributed by atoms with Crippen molar-refractivity contribution < 1.29 is 18.3 Å². The standard InChI is InChI=1S/C21H21ClF2N2O2/c22-18-3-1-2-17(14-18)15-25-10-12-26(13-11-25)20(27)9-6-16-4-7-19(8-5-16)28-21(23)24/h1-9,14,21H,10-13,15H2/b9-6-. The van der Waals surface area contributed by atoms with Gasteiger partial charge in [0, 0.05) is 43.8 Å². The monoisotopic (exact) mass is 406 g/mol. The first kappa shape index (κ1) is 20.3. The summed E-state index contributed by atoms with van der Waals surface area (Å²) in [5.41, 5.74) is 1.90. The average Bonchev–Trinajstić information content (AvgIpc) is 2.67. The van der Waals surface area contributed by atoms with E-state index in [2.05, 4.69) is 9.64 Å². The number of carbonyl (C=O) groups is 1. The molecule has 0 bridgehead atoms. The summed E-state index contributed by atoms with van der Waals surface area (Å²) in [5, 5.41) is 0.727. The summed E-state index contributed by atoms with van der Waals surface area (Å²) in [6, 6.07) is 14.0. The van der Waals surface area contributed by atoms with Crippen LogP contribution in [0, 0.1) is 0 Å². The van der Waals surface area contributed by atoms with Crippen LogP contribution in [0.4, 0.5) is 8.78 Å². The van der Waals surface area contributed by atoms with E-state index in [0.29, 0.717) is 13.1 Å². The van der Waals surface area contributed by atoms with Gasteiger partial charge in [-0.3, -0.25) is 9.69 Å². The van der Waals surface area contributed by atoms with E-state index in [1.807, 2.05) is 24.3 Å². The Morgan fingerprint density at radius 2 is 1.82 bits per heavy atom. The fourth-order valence-corrected chi connectivity index (χ4v) is 3.27. The van der Waals surface area contributed by atoms with E-state index < -0.39 is 6.61 Å². The minimum atomic E-state index is -2.85. The van der Waals surface area contributed by atoms with Crippen LogP contribution in [0.1, 0.15) is 11.1 Å². The molecular weight excluding hydrogens is 386 g/mol. The molecule has 1 amide bonds. The zero-order chi connectivity index (χ0) is 19.9. The second-order valence-corrected chi connectivity index (χ2v) is 6.95. The lowest BCUT2D eigenvalue weighted by molar-refractivity contribution is -0.127. The van der Waals surface area contributed by atoms with Crippen LogP contribution in [0.3, 0.4) is 0 Å². The summed E-state index contributed by atoms with van der Waals surface area (Å²) in [7, 11) is 0.